The number of aromatic nitrogens is 1. The molecule has 8 heteroatoms. The van der Waals surface area contributed by atoms with Crippen molar-refractivity contribution in [1.29, 1.82) is 0 Å². The van der Waals surface area contributed by atoms with E-state index in [1.54, 1.807) is 32.9 Å². The molecule has 2 N–H and O–H groups in total. The Morgan fingerprint density at radius 3 is 2.30 bits per heavy atom. The van der Waals surface area contributed by atoms with Crippen LogP contribution in [0.1, 0.15) is 19.7 Å². The molecule has 1 heterocycles. The molecule has 2 aromatic rings. The minimum Gasteiger partial charge on any atom is -0.480 e. The van der Waals surface area contributed by atoms with Crippen molar-refractivity contribution >= 4 is 16.0 Å². The molecule has 0 saturated heterocycles. The number of rotatable bonds is 6. The van der Waals surface area contributed by atoms with Gasteiger partial charge in [-0.1, -0.05) is 26.0 Å². The van der Waals surface area contributed by atoms with Crippen molar-refractivity contribution in [3.8, 4) is 11.3 Å². The maximum Gasteiger partial charge on any atom is 0.322 e. The smallest absolute Gasteiger partial charge is 0.322 e. The Morgan fingerprint density at radius 1 is 1.26 bits per heavy atom. The van der Waals surface area contributed by atoms with Crippen molar-refractivity contribution in [2.75, 3.05) is 0 Å². The number of carbonyl (C=O) groups is 1. The summed E-state index contributed by atoms with van der Waals surface area (Å²) in [6.45, 7) is 4.98. The van der Waals surface area contributed by atoms with E-state index in [1.165, 1.54) is 18.4 Å². The number of carboxylic acids is 1. The summed E-state index contributed by atoms with van der Waals surface area (Å²) in [5.74, 6) is -1.07. The maximum atomic E-state index is 12.3. The number of oxazole rings is 1. The van der Waals surface area contributed by atoms with Crippen molar-refractivity contribution in [2.24, 2.45) is 5.92 Å². The monoisotopic (exact) mass is 338 g/mol. The summed E-state index contributed by atoms with van der Waals surface area (Å²) in [5.41, 5.74) is 1.31. The Kier molecular flexibility index (Phi) is 4.86. The molecule has 124 valence electrons. The summed E-state index contributed by atoms with van der Waals surface area (Å²) in [7, 11) is -3.92. The molecule has 0 saturated carbocycles. The summed E-state index contributed by atoms with van der Waals surface area (Å²) in [5, 5.41) is 9.10. The van der Waals surface area contributed by atoms with E-state index in [2.05, 4.69) is 9.71 Å². The highest BCUT2D eigenvalue weighted by Gasteiger charge is 2.27. The zero-order chi connectivity index (χ0) is 17.2. The fourth-order valence-electron chi connectivity index (χ4n) is 2.01. The third kappa shape index (κ3) is 3.96. The molecule has 23 heavy (non-hydrogen) atoms. The van der Waals surface area contributed by atoms with Crippen LogP contribution in [0.4, 0.5) is 0 Å². The van der Waals surface area contributed by atoms with Gasteiger partial charge in [0.15, 0.2) is 5.89 Å². The molecule has 1 atom stereocenters. The van der Waals surface area contributed by atoms with E-state index in [-0.39, 0.29) is 10.8 Å². The molecule has 0 fully saturated rings. The molecule has 0 aliphatic heterocycles. The lowest BCUT2D eigenvalue weighted by molar-refractivity contribution is -0.140. The SMILES string of the molecule is Cc1nc(-c2ccc(S(=O)(=O)N[C@@H](C(=O)O)C(C)C)cc2)co1. The number of benzene rings is 1. The zero-order valence-electron chi connectivity index (χ0n) is 13.0. The first-order valence-electron chi connectivity index (χ1n) is 6.98. The highest BCUT2D eigenvalue weighted by molar-refractivity contribution is 7.89. The summed E-state index contributed by atoms with van der Waals surface area (Å²) < 4.78 is 31.9. The number of aliphatic carboxylic acids is 1. The molecule has 1 aromatic carbocycles. The third-order valence-electron chi connectivity index (χ3n) is 3.29. The van der Waals surface area contributed by atoms with E-state index in [1.807, 2.05) is 0 Å². The summed E-state index contributed by atoms with van der Waals surface area (Å²) in [4.78, 5) is 15.3. The Balaban J connectivity index is 2.25. The number of hydrogen-bond acceptors (Lipinski definition) is 5. The van der Waals surface area contributed by atoms with Crippen LogP contribution < -0.4 is 4.72 Å². The molecule has 0 radical (unpaired) electrons. The van der Waals surface area contributed by atoms with Crippen LogP contribution in [-0.4, -0.2) is 30.5 Å². The second kappa shape index (κ2) is 6.51. The van der Waals surface area contributed by atoms with Crippen molar-refractivity contribution in [1.82, 2.24) is 9.71 Å². The van der Waals surface area contributed by atoms with E-state index < -0.39 is 22.0 Å². The van der Waals surface area contributed by atoms with Gasteiger partial charge in [-0.3, -0.25) is 4.79 Å². The number of sulfonamides is 1. The van der Waals surface area contributed by atoms with Crippen LogP contribution in [0, 0.1) is 12.8 Å². The van der Waals surface area contributed by atoms with Gasteiger partial charge in [0.2, 0.25) is 10.0 Å². The minimum absolute atomic E-state index is 0.00614. The highest BCUT2D eigenvalue weighted by Crippen LogP contribution is 2.21. The lowest BCUT2D eigenvalue weighted by Crippen LogP contribution is -2.44. The van der Waals surface area contributed by atoms with Crippen LogP contribution in [0.25, 0.3) is 11.3 Å². The second-order valence-corrected chi connectivity index (χ2v) is 7.17. The standard InChI is InChI=1S/C15H18N2O5S/c1-9(2)14(15(18)19)17-23(20,21)12-6-4-11(5-7-12)13-8-22-10(3)16-13/h4-9,14,17H,1-3H3,(H,18,19)/t14-/m1/s1. The fourth-order valence-corrected chi connectivity index (χ4v) is 3.35. The summed E-state index contributed by atoms with van der Waals surface area (Å²) in [6.07, 6.45) is 1.48. The lowest BCUT2D eigenvalue weighted by atomic mass is 10.1. The van der Waals surface area contributed by atoms with Crippen molar-refractivity contribution in [3.63, 3.8) is 0 Å². The predicted molar refractivity (Wildman–Crippen MR) is 83.3 cm³/mol. The summed E-state index contributed by atoms with van der Waals surface area (Å²) >= 11 is 0. The summed E-state index contributed by atoms with van der Waals surface area (Å²) in [6, 6.07) is 4.81. The molecular weight excluding hydrogens is 320 g/mol. The Hall–Kier alpha value is -2.19. The average molecular weight is 338 g/mol. The molecular formula is C15H18N2O5S. The van der Waals surface area contributed by atoms with Crippen LogP contribution in [0.2, 0.25) is 0 Å². The first-order valence-corrected chi connectivity index (χ1v) is 8.46. The van der Waals surface area contributed by atoms with Crippen LogP contribution in [-0.2, 0) is 14.8 Å². The Morgan fingerprint density at radius 2 is 1.87 bits per heavy atom. The molecule has 0 aliphatic carbocycles. The first-order chi connectivity index (χ1) is 10.7. The number of aryl methyl sites for hydroxylation is 1. The third-order valence-corrected chi connectivity index (χ3v) is 4.75. The van der Waals surface area contributed by atoms with Gasteiger partial charge in [0.1, 0.15) is 18.0 Å². The van der Waals surface area contributed by atoms with E-state index in [9.17, 15) is 13.2 Å². The number of nitrogens with zero attached hydrogens (tertiary/aromatic N) is 1. The van der Waals surface area contributed by atoms with Gasteiger partial charge in [-0.05, 0) is 18.1 Å². The van der Waals surface area contributed by atoms with Gasteiger partial charge in [-0.25, -0.2) is 13.4 Å². The van der Waals surface area contributed by atoms with Crippen LogP contribution in [0.3, 0.4) is 0 Å². The Bertz CT molecular complexity index is 794. The zero-order valence-corrected chi connectivity index (χ0v) is 13.8. The van der Waals surface area contributed by atoms with Gasteiger partial charge in [0.25, 0.3) is 0 Å². The maximum absolute atomic E-state index is 12.3. The van der Waals surface area contributed by atoms with Crippen LogP contribution >= 0.6 is 0 Å². The second-order valence-electron chi connectivity index (χ2n) is 5.46. The van der Waals surface area contributed by atoms with Crippen LogP contribution in [0.5, 0.6) is 0 Å². The van der Waals surface area contributed by atoms with Gasteiger partial charge in [0.05, 0.1) is 4.90 Å². The topological polar surface area (TPSA) is 110 Å². The average Bonchev–Trinajstić information content (AvgIpc) is 2.91. The molecule has 0 amide bonds. The normalized spacial score (nSPS) is 13.2. The van der Waals surface area contributed by atoms with E-state index >= 15 is 0 Å². The van der Waals surface area contributed by atoms with Crippen molar-refractivity contribution in [2.45, 2.75) is 31.7 Å². The lowest BCUT2D eigenvalue weighted by Gasteiger charge is -2.18. The Labute approximate surface area is 134 Å². The highest BCUT2D eigenvalue weighted by atomic mass is 32.2. The molecule has 2 rings (SSSR count). The molecule has 0 bridgehead atoms. The molecule has 1 aromatic heterocycles. The molecule has 0 spiro atoms. The molecule has 0 aliphatic rings. The molecule has 0 unspecified atom stereocenters. The van der Waals surface area contributed by atoms with Gasteiger partial charge < -0.3 is 9.52 Å². The number of hydrogen-bond donors (Lipinski definition) is 2. The minimum atomic E-state index is -3.92. The van der Waals surface area contributed by atoms with E-state index in [4.69, 9.17) is 9.52 Å². The predicted octanol–water partition coefficient (Wildman–Crippen LogP) is 2.04. The van der Waals surface area contributed by atoms with Gasteiger partial charge in [0, 0.05) is 12.5 Å². The van der Waals surface area contributed by atoms with Crippen LogP contribution in [0.15, 0.2) is 39.8 Å². The fraction of sp³-hybridized carbons (Fsp3) is 0.333. The van der Waals surface area contributed by atoms with Gasteiger partial charge in [-0.15, -0.1) is 0 Å². The first kappa shape index (κ1) is 17.2. The van der Waals surface area contributed by atoms with Gasteiger partial charge >= 0.3 is 5.97 Å². The van der Waals surface area contributed by atoms with E-state index in [0.29, 0.717) is 17.1 Å². The molecule has 7 nitrogen and oxygen atoms in total. The van der Waals surface area contributed by atoms with Gasteiger partial charge in [-0.2, -0.15) is 4.72 Å². The number of carboxylic acid groups (broad SMARTS) is 1. The van der Waals surface area contributed by atoms with E-state index in [0.717, 1.165) is 0 Å². The van der Waals surface area contributed by atoms with Crippen molar-refractivity contribution in [3.05, 3.63) is 36.4 Å². The largest absolute Gasteiger partial charge is 0.480 e. The quantitative estimate of drug-likeness (QED) is 0.834. The number of nitrogens with one attached hydrogen (secondary N) is 1. The van der Waals surface area contributed by atoms with Crippen molar-refractivity contribution < 1.29 is 22.7 Å².